The van der Waals surface area contributed by atoms with E-state index in [-0.39, 0.29) is 93.4 Å². The third-order valence-electron chi connectivity index (χ3n) is 18.0. The molecule has 18 nitrogen and oxygen atoms in total. The topological polar surface area (TPSA) is 213 Å². The Balaban J connectivity index is 1.93. The fourth-order valence-electron chi connectivity index (χ4n) is 12.4. The molecule has 0 unspecified atom stereocenters. The Labute approximate surface area is 623 Å². The van der Waals surface area contributed by atoms with Gasteiger partial charge in [0.1, 0.15) is 34.5 Å². The molecule has 1 aliphatic rings. The molecule has 0 saturated heterocycles. The van der Waals surface area contributed by atoms with Crippen LogP contribution in [0.3, 0.4) is 0 Å². The number of fused-ring (bicyclic) bond motifs is 15. The minimum absolute atomic E-state index is 0.0346. The van der Waals surface area contributed by atoms with Gasteiger partial charge in [0.2, 0.25) is 0 Å². The molecule has 570 valence electrons. The van der Waals surface area contributed by atoms with E-state index in [9.17, 15) is 28.8 Å². The van der Waals surface area contributed by atoms with Crippen LogP contribution in [-0.2, 0) is 109 Å². The fraction of sp³-hybridized carbons (Fsp3) is 0.517. The van der Waals surface area contributed by atoms with E-state index in [0.717, 1.165) is 33.4 Å². The number of carbonyl (C=O) groups is 6. The van der Waals surface area contributed by atoms with Crippen LogP contribution in [0.15, 0.2) is 72.8 Å². The van der Waals surface area contributed by atoms with Crippen molar-refractivity contribution < 1.29 is 85.6 Å². The Morgan fingerprint density at radius 2 is 0.352 bits per heavy atom. The van der Waals surface area contributed by atoms with Crippen LogP contribution in [0.4, 0.5) is 0 Å². The van der Waals surface area contributed by atoms with Gasteiger partial charge in [-0.2, -0.15) is 0 Å². The first-order valence-corrected chi connectivity index (χ1v) is 36.8. The highest BCUT2D eigenvalue weighted by Crippen LogP contribution is 2.53. The van der Waals surface area contributed by atoms with Crippen molar-refractivity contribution >= 4 is 35.8 Å². The predicted molar refractivity (Wildman–Crippen MR) is 409 cm³/mol. The molecule has 12 bridgehead atoms. The van der Waals surface area contributed by atoms with Gasteiger partial charge in [-0.15, -0.1) is 0 Å². The molecule has 0 fully saturated rings. The Bertz CT molecular complexity index is 3460. The molecule has 1 aliphatic carbocycles. The summed E-state index contributed by atoms with van der Waals surface area (Å²) in [7, 11) is 0. The van der Waals surface area contributed by atoms with Gasteiger partial charge in [-0.1, -0.05) is 161 Å². The van der Waals surface area contributed by atoms with Crippen molar-refractivity contribution in [3.05, 3.63) is 140 Å². The summed E-state index contributed by atoms with van der Waals surface area (Å²) in [6.45, 7) is 45.5. The zero-order valence-corrected chi connectivity index (χ0v) is 66.9. The lowest BCUT2D eigenvalue weighted by Gasteiger charge is -2.29. The summed E-state index contributed by atoms with van der Waals surface area (Å²) in [5.74, 6) is -2.15. The minimum atomic E-state index is -0.630. The van der Waals surface area contributed by atoms with Crippen molar-refractivity contribution in [1.82, 2.24) is 0 Å². The zero-order chi connectivity index (χ0) is 77.9. The molecule has 6 aromatic carbocycles. The van der Waals surface area contributed by atoms with E-state index < -0.39 is 108 Å². The van der Waals surface area contributed by atoms with Gasteiger partial charge < -0.3 is 56.8 Å². The minimum Gasteiger partial charge on any atom is -0.481 e. The number of rotatable bonds is 24. The summed E-state index contributed by atoms with van der Waals surface area (Å²) in [5, 5.41) is 0. The molecule has 0 saturated carbocycles. The fourth-order valence-corrected chi connectivity index (χ4v) is 12.4. The Morgan fingerprint density at radius 1 is 0.229 bits per heavy atom. The number of esters is 6. The van der Waals surface area contributed by atoms with Crippen LogP contribution >= 0.6 is 0 Å². The summed E-state index contributed by atoms with van der Waals surface area (Å²) < 4.78 is 75.9. The maximum absolute atomic E-state index is 14.0. The Kier molecular flexibility index (Phi) is 27.3. The maximum Gasteiger partial charge on any atom is 0.344 e. The molecule has 18 heteroatoms. The third kappa shape index (κ3) is 21.6. The predicted octanol–water partition coefficient (Wildman–Crippen LogP) is 17.2. The molecule has 0 aromatic heterocycles. The standard InChI is InChI=1S/C87H114O18/c1-25-94-70(88)46-100-76-52-31-53-35-60(84(13,14)15)42-66(78(53)102-48-72(90)96-27-3)67-43-62(86(19,20)21)38-56(80(67)104-50-74(92)98-29-5)33-57-39-63(87(22,23)24)45-69(81(57)105-51-75(93)99-30-6)68-44-61(85(16,17)18)37-55(79(68)103-49-73(91)97-28-4)32-54-36-59(83(10,11)12)41-65(77(54)101-47-71(89)95-26-2)64(76)40-58(34-52)82(7,8)9/h34-45H,25-33,46-51H2,1-24H3. The largest absolute Gasteiger partial charge is 0.481 e. The molecule has 0 spiro atoms. The molecule has 0 radical (unpaired) electrons. The first-order chi connectivity index (χ1) is 49.0. The molecule has 0 atom stereocenters. The summed E-state index contributed by atoms with van der Waals surface area (Å²) >= 11 is 0. The molecule has 0 aliphatic heterocycles. The van der Waals surface area contributed by atoms with E-state index in [1.54, 1.807) is 41.5 Å². The Hall–Kier alpha value is -9.06. The highest BCUT2D eigenvalue weighted by molar-refractivity contribution is 5.87. The second-order valence-electron chi connectivity index (χ2n) is 32.7. The van der Waals surface area contributed by atoms with E-state index in [2.05, 4.69) is 161 Å². The lowest BCUT2D eigenvalue weighted by molar-refractivity contribution is -0.146. The Morgan fingerprint density at radius 3 is 0.457 bits per heavy atom. The van der Waals surface area contributed by atoms with E-state index >= 15 is 0 Å². The second kappa shape index (κ2) is 34.5. The third-order valence-corrected chi connectivity index (χ3v) is 18.0. The monoisotopic (exact) mass is 1450 g/mol. The summed E-state index contributed by atoms with van der Waals surface area (Å²) in [5.41, 5.74) is 8.11. The first-order valence-electron chi connectivity index (χ1n) is 36.8. The smallest absolute Gasteiger partial charge is 0.344 e. The molecule has 0 amide bonds. The van der Waals surface area contributed by atoms with Crippen LogP contribution < -0.4 is 28.4 Å². The van der Waals surface area contributed by atoms with Crippen molar-refractivity contribution in [2.45, 2.75) is 218 Å². The SMILES string of the molecule is CCOC(=O)COc1c2cc(C(C)(C)C)cc1-c1cc(C(C)(C)C)cc(c1OCC(=O)OCC)Cc1cc(C(C)(C)C)cc(c1OCC(=O)OCC)-c1cc(C(C)(C)C)cc(c1OCC(=O)OCC)Cc1cc(C(C)(C)C)cc(c1OCC(=O)OCC)-c1cc(C(C)(C)C)cc(c1OCC(=O)OCC)C2. The quantitative estimate of drug-likeness (QED) is 0.0406. The number of benzene rings is 6. The summed E-state index contributed by atoms with van der Waals surface area (Å²) in [6, 6.07) is 24.6. The normalized spacial score (nSPS) is 12.6. The van der Waals surface area contributed by atoms with E-state index in [1.165, 1.54) is 0 Å². The summed E-state index contributed by atoms with van der Waals surface area (Å²) in [6.07, 6.45) is 0.104. The number of carbonyl (C=O) groups excluding carboxylic acids is 6. The van der Waals surface area contributed by atoms with Crippen molar-refractivity contribution in [3.63, 3.8) is 0 Å². The van der Waals surface area contributed by atoms with Gasteiger partial charge >= 0.3 is 35.8 Å². The summed E-state index contributed by atoms with van der Waals surface area (Å²) in [4.78, 5) is 84.0. The average molecular weight is 1450 g/mol. The van der Waals surface area contributed by atoms with Crippen LogP contribution in [0.1, 0.15) is 233 Å². The van der Waals surface area contributed by atoms with Gasteiger partial charge in [0.25, 0.3) is 0 Å². The maximum atomic E-state index is 14.0. The van der Waals surface area contributed by atoms with E-state index in [1.807, 2.05) is 36.4 Å². The molecule has 7 rings (SSSR count). The van der Waals surface area contributed by atoms with Crippen LogP contribution in [0, 0.1) is 0 Å². The molecular formula is C87H114O18. The van der Waals surface area contributed by atoms with Crippen LogP contribution in [0.25, 0.3) is 33.4 Å². The van der Waals surface area contributed by atoms with Crippen molar-refractivity contribution in [2.24, 2.45) is 0 Å². The molecule has 0 N–H and O–H groups in total. The van der Waals surface area contributed by atoms with E-state index in [0.29, 0.717) is 66.8 Å². The van der Waals surface area contributed by atoms with Crippen molar-refractivity contribution in [2.75, 3.05) is 79.3 Å². The second-order valence-corrected chi connectivity index (χ2v) is 32.7. The molecule has 0 heterocycles. The van der Waals surface area contributed by atoms with Crippen molar-refractivity contribution in [1.29, 1.82) is 0 Å². The molecule has 6 aromatic rings. The molecular weight excluding hydrogens is 1330 g/mol. The van der Waals surface area contributed by atoms with Crippen LogP contribution in [0.2, 0.25) is 0 Å². The van der Waals surface area contributed by atoms with Gasteiger partial charge in [-0.25, -0.2) is 28.8 Å². The number of hydrogen-bond acceptors (Lipinski definition) is 18. The molecule has 105 heavy (non-hydrogen) atoms. The number of ether oxygens (including phenoxy) is 12. The number of hydrogen-bond donors (Lipinski definition) is 0. The zero-order valence-electron chi connectivity index (χ0n) is 66.9. The lowest BCUT2D eigenvalue weighted by Crippen LogP contribution is -2.20. The first kappa shape index (κ1) is 83.2. The van der Waals surface area contributed by atoms with E-state index in [4.69, 9.17) is 56.8 Å². The van der Waals surface area contributed by atoms with Gasteiger partial charge in [0.15, 0.2) is 39.6 Å². The van der Waals surface area contributed by atoms with Crippen molar-refractivity contribution in [3.8, 4) is 67.9 Å². The van der Waals surface area contributed by atoms with Gasteiger partial charge in [0, 0.05) is 52.6 Å². The van der Waals surface area contributed by atoms with Gasteiger partial charge in [-0.3, -0.25) is 0 Å². The van der Waals surface area contributed by atoms with Gasteiger partial charge in [0.05, 0.1) is 39.6 Å². The van der Waals surface area contributed by atoms with Crippen LogP contribution in [-0.4, -0.2) is 115 Å². The highest BCUT2D eigenvalue weighted by Gasteiger charge is 2.35. The van der Waals surface area contributed by atoms with Gasteiger partial charge in [-0.05, 0) is 177 Å². The highest BCUT2D eigenvalue weighted by atomic mass is 16.6. The average Bonchev–Trinajstić information content (AvgIpc) is 1.31. The lowest BCUT2D eigenvalue weighted by atomic mass is 9.78. The van der Waals surface area contributed by atoms with Crippen LogP contribution in [0.5, 0.6) is 34.5 Å².